The van der Waals surface area contributed by atoms with Crippen molar-refractivity contribution in [3.8, 4) is 0 Å². The van der Waals surface area contributed by atoms with Gasteiger partial charge in [0, 0.05) is 44.6 Å². The molecule has 0 unspecified atom stereocenters. The van der Waals surface area contributed by atoms with E-state index in [4.69, 9.17) is 0 Å². The lowest BCUT2D eigenvalue weighted by molar-refractivity contribution is 0.219. The first kappa shape index (κ1) is 14.2. The van der Waals surface area contributed by atoms with Crippen LogP contribution in [-0.4, -0.2) is 44.7 Å². The molecule has 1 aliphatic heterocycles. The van der Waals surface area contributed by atoms with Crippen LogP contribution in [0.15, 0.2) is 24.3 Å². The van der Waals surface area contributed by atoms with Gasteiger partial charge in [-0.25, -0.2) is 0 Å². The van der Waals surface area contributed by atoms with E-state index in [2.05, 4.69) is 60.4 Å². The Balaban J connectivity index is 1.82. The maximum Gasteiger partial charge on any atom is 0.0362 e. The summed E-state index contributed by atoms with van der Waals surface area (Å²) in [5, 5.41) is 3.66. The van der Waals surface area contributed by atoms with E-state index in [1.807, 2.05) is 0 Å². The summed E-state index contributed by atoms with van der Waals surface area (Å²) in [4.78, 5) is 4.71. The summed E-state index contributed by atoms with van der Waals surface area (Å²) >= 11 is 0. The number of hydrogen-bond acceptors (Lipinski definition) is 3. The Kier molecular flexibility index (Phi) is 5.08. The van der Waals surface area contributed by atoms with Gasteiger partial charge >= 0.3 is 0 Å². The maximum atomic E-state index is 3.66. The van der Waals surface area contributed by atoms with E-state index in [1.165, 1.54) is 50.3 Å². The second-order valence-corrected chi connectivity index (χ2v) is 5.70. The van der Waals surface area contributed by atoms with Crippen molar-refractivity contribution in [1.29, 1.82) is 0 Å². The van der Waals surface area contributed by atoms with Crippen LogP contribution in [0.4, 0.5) is 11.4 Å². The average Bonchev–Trinajstić information content (AvgIpc) is 2.42. The predicted octanol–water partition coefficient (Wildman–Crippen LogP) is 3.04. The third-order valence-electron chi connectivity index (χ3n) is 3.88. The lowest BCUT2D eigenvalue weighted by atomic mass is 10.0. The lowest BCUT2D eigenvalue weighted by Gasteiger charge is -2.32. The van der Waals surface area contributed by atoms with Crippen LogP contribution in [0.1, 0.15) is 26.2 Å². The van der Waals surface area contributed by atoms with Crippen LogP contribution in [0.5, 0.6) is 0 Å². The van der Waals surface area contributed by atoms with Crippen molar-refractivity contribution >= 4 is 11.4 Å². The molecule has 0 amide bonds. The van der Waals surface area contributed by atoms with Crippen LogP contribution >= 0.6 is 0 Å². The second-order valence-electron chi connectivity index (χ2n) is 5.70. The highest BCUT2D eigenvalue weighted by molar-refractivity contribution is 5.54. The number of nitrogens with zero attached hydrogens (tertiary/aromatic N) is 2. The summed E-state index contributed by atoms with van der Waals surface area (Å²) in [6, 6.07) is 9.36. The molecule has 3 nitrogen and oxygen atoms in total. The molecule has 1 saturated heterocycles. The first-order chi connectivity index (χ1) is 9.19. The highest BCUT2D eigenvalue weighted by Crippen LogP contribution is 2.19. The van der Waals surface area contributed by atoms with Crippen molar-refractivity contribution in [3.05, 3.63) is 24.3 Å². The van der Waals surface area contributed by atoms with Gasteiger partial charge in [-0.15, -0.1) is 0 Å². The third-order valence-corrected chi connectivity index (χ3v) is 3.88. The van der Waals surface area contributed by atoms with Crippen LogP contribution in [0.3, 0.4) is 0 Å². The summed E-state index contributed by atoms with van der Waals surface area (Å²) in [6.07, 6.45) is 3.79. The van der Waals surface area contributed by atoms with E-state index < -0.39 is 0 Å². The van der Waals surface area contributed by atoms with E-state index in [0.717, 1.165) is 0 Å². The monoisotopic (exact) mass is 261 g/mol. The number of anilines is 2. The molecule has 3 heteroatoms. The Morgan fingerprint density at radius 1 is 1.16 bits per heavy atom. The molecule has 0 aliphatic carbocycles. The minimum absolute atomic E-state index is 0.637. The average molecular weight is 261 g/mol. The number of benzene rings is 1. The van der Waals surface area contributed by atoms with Crippen molar-refractivity contribution in [2.45, 2.75) is 32.2 Å². The van der Waals surface area contributed by atoms with E-state index >= 15 is 0 Å². The predicted molar refractivity (Wildman–Crippen MR) is 84.1 cm³/mol. The molecule has 1 aromatic rings. The number of nitrogens with one attached hydrogen (secondary N) is 1. The Bertz CT molecular complexity index is 364. The second kappa shape index (κ2) is 6.80. The van der Waals surface area contributed by atoms with Gasteiger partial charge in [0.15, 0.2) is 0 Å². The first-order valence-electron chi connectivity index (χ1n) is 7.45. The molecule has 0 saturated carbocycles. The van der Waals surface area contributed by atoms with E-state index in [9.17, 15) is 0 Å². The van der Waals surface area contributed by atoms with E-state index in [1.54, 1.807) is 0 Å². The third kappa shape index (κ3) is 4.13. The van der Waals surface area contributed by atoms with Crippen molar-refractivity contribution < 1.29 is 0 Å². The van der Waals surface area contributed by atoms with Gasteiger partial charge in [0.1, 0.15) is 0 Å². The smallest absolute Gasteiger partial charge is 0.0362 e. The topological polar surface area (TPSA) is 18.5 Å². The van der Waals surface area contributed by atoms with Crippen molar-refractivity contribution in [1.82, 2.24) is 4.90 Å². The van der Waals surface area contributed by atoms with Crippen molar-refractivity contribution in [2.24, 2.45) is 0 Å². The minimum Gasteiger partial charge on any atom is -0.382 e. The molecule has 0 aromatic heterocycles. The number of piperidine rings is 1. The number of hydrogen-bond donors (Lipinski definition) is 1. The summed E-state index contributed by atoms with van der Waals surface area (Å²) in [5.74, 6) is 0. The Morgan fingerprint density at radius 2 is 1.79 bits per heavy atom. The molecule has 1 fully saturated rings. The summed E-state index contributed by atoms with van der Waals surface area (Å²) < 4.78 is 0. The van der Waals surface area contributed by atoms with Gasteiger partial charge in [-0.2, -0.15) is 0 Å². The fraction of sp³-hybridized carbons (Fsp3) is 0.625. The molecule has 0 bridgehead atoms. The quantitative estimate of drug-likeness (QED) is 0.879. The molecule has 1 aliphatic rings. The molecule has 2 rings (SSSR count). The Labute approximate surface area is 117 Å². The van der Waals surface area contributed by atoms with Gasteiger partial charge in [0.05, 0.1) is 0 Å². The molecule has 1 aromatic carbocycles. The highest BCUT2D eigenvalue weighted by Gasteiger charge is 2.18. The molecular formula is C16H27N3. The van der Waals surface area contributed by atoms with E-state index in [0.29, 0.717) is 6.04 Å². The number of likely N-dealkylation sites (tertiary alicyclic amines) is 1. The van der Waals surface area contributed by atoms with Gasteiger partial charge < -0.3 is 15.1 Å². The Hall–Kier alpha value is -1.22. The molecule has 1 N–H and O–H groups in total. The van der Waals surface area contributed by atoms with Gasteiger partial charge in [-0.05, 0) is 50.1 Å². The van der Waals surface area contributed by atoms with Gasteiger partial charge in [0.2, 0.25) is 0 Å². The van der Waals surface area contributed by atoms with Gasteiger partial charge in [-0.1, -0.05) is 6.92 Å². The summed E-state index contributed by atoms with van der Waals surface area (Å²) in [6.45, 7) is 5.99. The molecule has 0 atom stereocenters. The van der Waals surface area contributed by atoms with Gasteiger partial charge in [-0.3, -0.25) is 0 Å². The summed E-state index contributed by atoms with van der Waals surface area (Å²) in [5.41, 5.74) is 2.50. The van der Waals surface area contributed by atoms with Crippen molar-refractivity contribution in [2.75, 3.05) is 43.9 Å². The standard InChI is InChI=1S/C16H27N3/c1-4-11-19-12-9-15(10-13-19)17-14-5-7-16(8-6-14)18(2)3/h5-8,15,17H,4,9-13H2,1-3H3. The fourth-order valence-corrected chi connectivity index (χ4v) is 2.71. The maximum absolute atomic E-state index is 3.66. The van der Waals surface area contributed by atoms with Crippen molar-refractivity contribution in [3.63, 3.8) is 0 Å². The molecule has 19 heavy (non-hydrogen) atoms. The minimum atomic E-state index is 0.637. The van der Waals surface area contributed by atoms with Crippen LogP contribution in [0, 0.1) is 0 Å². The molecule has 0 spiro atoms. The molecule has 0 radical (unpaired) electrons. The Morgan fingerprint density at radius 3 is 2.32 bits per heavy atom. The van der Waals surface area contributed by atoms with Crippen LogP contribution < -0.4 is 10.2 Å². The van der Waals surface area contributed by atoms with Crippen LogP contribution in [0.2, 0.25) is 0 Å². The van der Waals surface area contributed by atoms with E-state index in [-0.39, 0.29) is 0 Å². The number of rotatable bonds is 5. The zero-order valence-electron chi connectivity index (χ0n) is 12.5. The highest BCUT2D eigenvalue weighted by atomic mass is 15.1. The summed E-state index contributed by atoms with van der Waals surface area (Å²) in [7, 11) is 4.15. The molecule has 1 heterocycles. The normalized spacial score (nSPS) is 17.4. The zero-order valence-corrected chi connectivity index (χ0v) is 12.5. The molecular weight excluding hydrogens is 234 g/mol. The molecule has 106 valence electrons. The van der Waals surface area contributed by atoms with Gasteiger partial charge in [0.25, 0.3) is 0 Å². The fourth-order valence-electron chi connectivity index (χ4n) is 2.71. The zero-order chi connectivity index (χ0) is 13.7. The lowest BCUT2D eigenvalue weighted by Crippen LogP contribution is -2.39. The van der Waals surface area contributed by atoms with Crippen LogP contribution in [-0.2, 0) is 0 Å². The first-order valence-corrected chi connectivity index (χ1v) is 7.45. The largest absolute Gasteiger partial charge is 0.382 e. The van der Waals surface area contributed by atoms with Crippen LogP contribution in [0.25, 0.3) is 0 Å². The SMILES string of the molecule is CCCN1CCC(Nc2ccc(N(C)C)cc2)CC1.